The van der Waals surface area contributed by atoms with Gasteiger partial charge in [0.2, 0.25) is 5.91 Å². The Kier molecular flexibility index (Phi) is 4.99. The molecule has 0 aromatic heterocycles. The Bertz CT molecular complexity index is 245. The molecule has 1 rings (SSSR count). The van der Waals surface area contributed by atoms with Crippen LogP contribution in [-0.2, 0) is 4.79 Å². The minimum atomic E-state index is 0.226. The van der Waals surface area contributed by atoms with E-state index >= 15 is 0 Å². The first kappa shape index (κ1) is 14.5. The highest BCUT2D eigenvalue weighted by atomic mass is 16.2. The molecule has 0 aliphatic carbocycles. The van der Waals surface area contributed by atoms with Gasteiger partial charge in [0.25, 0.3) is 0 Å². The molecule has 0 bridgehead atoms. The zero-order chi connectivity index (χ0) is 13.1. The Morgan fingerprint density at radius 2 is 1.53 bits per heavy atom. The molecule has 1 aliphatic rings. The molecule has 1 amide bonds. The fourth-order valence-corrected chi connectivity index (χ4v) is 2.49. The van der Waals surface area contributed by atoms with E-state index in [0.717, 1.165) is 39.0 Å². The van der Waals surface area contributed by atoms with Crippen LogP contribution in [0.15, 0.2) is 0 Å². The van der Waals surface area contributed by atoms with Gasteiger partial charge in [0.1, 0.15) is 0 Å². The summed E-state index contributed by atoms with van der Waals surface area (Å²) in [7, 11) is 0. The van der Waals surface area contributed by atoms with Crippen LogP contribution in [0.3, 0.4) is 0 Å². The van der Waals surface area contributed by atoms with E-state index in [2.05, 4.69) is 44.4 Å². The number of hydrogen-bond donors (Lipinski definition) is 0. The van der Waals surface area contributed by atoms with Crippen LogP contribution in [0.2, 0.25) is 0 Å². The molecule has 0 N–H and O–H groups in total. The van der Waals surface area contributed by atoms with E-state index in [0.29, 0.717) is 5.91 Å². The Morgan fingerprint density at radius 1 is 1.06 bits per heavy atom. The van der Waals surface area contributed by atoms with E-state index in [4.69, 9.17) is 0 Å². The number of carbonyl (C=O) groups is 1. The zero-order valence-electron chi connectivity index (χ0n) is 12.1. The lowest BCUT2D eigenvalue weighted by Crippen LogP contribution is -2.55. The Balaban J connectivity index is 2.49. The molecule has 0 atom stereocenters. The van der Waals surface area contributed by atoms with Gasteiger partial charge in [-0.15, -0.1) is 0 Å². The quantitative estimate of drug-likeness (QED) is 0.756. The second kappa shape index (κ2) is 5.85. The molecule has 0 radical (unpaired) electrons. The van der Waals surface area contributed by atoms with Gasteiger partial charge in [-0.1, -0.05) is 13.8 Å². The Morgan fingerprint density at radius 3 is 1.88 bits per heavy atom. The van der Waals surface area contributed by atoms with Crippen LogP contribution in [0.25, 0.3) is 0 Å². The van der Waals surface area contributed by atoms with E-state index in [1.807, 2.05) is 0 Å². The summed E-state index contributed by atoms with van der Waals surface area (Å²) < 4.78 is 0. The van der Waals surface area contributed by atoms with E-state index in [1.54, 1.807) is 0 Å². The van der Waals surface area contributed by atoms with Crippen LogP contribution < -0.4 is 0 Å². The average molecular weight is 240 g/mol. The van der Waals surface area contributed by atoms with Gasteiger partial charge in [0.05, 0.1) is 0 Å². The van der Waals surface area contributed by atoms with Crippen molar-refractivity contribution in [1.29, 1.82) is 0 Å². The molecule has 3 heteroatoms. The first-order valence-corrected chi connectivity index (χ1v) is 6.94. The minimum absolute atomic E-state index is 0.226. The van der Waals surface area contributed by atoms with Crippen LogP contribution in [0.1, 0.15) is 47.5 Å². The summed E-state index contributed by atoms with van der Waals surface area (Å²) >= 11 is 0. The highest BCUT2D eigenvalue weighted by Crippen LogP contribution is 2.18. The standard InChI is InChI=1S/C14H28N2O/c1-6-12(7-2)13(17)15-8-10-16(11-9-15)14(3,4)5/h12H,6-11H2,1-5H3. The molecule has 100 valence electrons. The summed E-state index contributed by atoms with van der Waals surface area (Å²) in [5.41, 5.74) is 0.226. The molecule has 0 aromatic carbocycles. The predicted octanol–water partition coefficient (Wildman–Crippen LogP) is 2.37. The van der Waals surface area contributed by atoms with Gasteiger partial charge in [0, 0.05) is 37.6 Å². The lowest BCUT2D eigenvalue weighted by Gasteiger charge is -2.42. The van der Waals surface area contributed by atoms with Crippen LogP contribution in [-0.4, -0.2) is 47.4 Å². The summed E-state index contributed by atoms with van der Waals surface area (Å²) in [4.78, 5) is 16.7. The van der Waals surface area contributed by atoms with Crippen LogP contribution >= 0.6 is 0 Å². The number of carbonyl (C=O) groups excluding carboxylic acids is 1. The van der Waals surface area contributed by atoms with Gasteiger partial charge in [-0.25, -0.2) is 0 Å². The number of piperazine rings is 1. The summed E-state index contributed by atoms with van der Waals surface area (Å²) in [6.07, 6.45) is 1.93. The molecule has 1 aliphatic heterocycles. The van der Waals surface area contributed by atoms with Gasteiger partial charge in [0.15, 0.2) is 0 Å². The van der Waals surface area contributed by atoms with E-state index in [9.17, 15) is 4.79 Å². The van der Waals surface area contributed by atoms with Crippen molar-refractivity contribution in [1.82, 2.24) is 9.80 Å². The topological polar surface area (TPSA) is 23.6 Å². The van der Waals surface area contributed by atoms with Crippen molar-refractivity contribution in [2.75, 3.05) is 26.2 Å². The lowest BCUT2D eigenvalue weighted by molar-refractivity contribution is -0.138. The van der Waals surface area contributed by atoms with E-state index in [1.165, 1.54) is 0 Å². The summed E-state index contributed by atoms with van der Waals surface area (Å²) in [5, 5.41) is 0. The highest BCUT2D eigenvalue weighted by molar-refractivity contribution is 5.78. The average Bonchev–Trinajstić information content (AvgIpc) is 2.29. The molecule has 0 spiro atoms. The maximum Gasteiger partial charge on any atom is 0.225 e. The summed E-state index contributed by atoms with van der Waals surface area (Å²) in [6, 6.07) is 0. The number of nitrogens with zero attached hydrogens (tertiary/aromatic N) is 2. The third-order valence-electron chi connectivity index (χ3n) is 3.87. The van der Waals surface area contributed by atoms with Crippen molar-refractivity contribution in [3.05, 3.63) is 0 Å². The van der Waals surface area contributed by atoms with Gasteiger partial charge in [-0.2, -0.15) is 0 Å². The molecular weight excluding hydrogens is 212 g/mol. The maximum atomic E-state index is 12.2. The van der Waals surface area contributed by atoms with Crippen molar-refractivity contribution < 1.29 is 4.79 Å². The molecule has 0 aromatic rings. The third-order valence-corrected chi connectivity index (χ3v) is 3.87. The normalized spacial score (nSPS) is 18.8. The van der Waals surface area contributed by atoms with Crippen molar-refractivity contribution in [2.45, 2.75) is 53.0 Å². The number of rotatable bonds is 3. The fraction of sp³-hybridized carbons (Fsp3) is 0.929. The molecule has 1 saturated heterocycles. The van der Waals surface area contributed by atoms with Gasteiger partial charge >= 0.3 is 0 Å². The third kappa shape index (κ3) is 3.70. The lowest BCUT2D eigenvalue weighted by atomic mass is 10.0. The molecule has 1 heterocycles. The number of hydrogen-bond acceptors (Lipinski definition) is 2. The second-order valence-corrected chi connectivity index (χ2v) is 6.00. The van der Waals surface area contributed by atoms with Gasteiger partial charge in [-0.05, 0) is 33.6 Å². The molecular formula is C14H28N2O. The molecule has 0 unspecified atom stereocenters. The molecule has 1 fully saturated rings. The number of amides is 1. The first-order valence-electron chi connectivity index (χ1n) is 6.94. The van der Waals surface area contributed by atoms with Crippen LogP contribution in [0.5, 0.6) is 0 Å². The zero-order valence-corrected chi connectivity index (χ0v) is 12.1. The first-order chi connectivity index (χ1) is 7.90. The largest absolute Gasteiger partial charge is 0.340 e. The Labute approximate surface area is 106 Å². The molecule has 0 saturated carbocycles. The fourth-order valence-electron chi connectivity index (χ4n) is 2.49. The monoisotopic (exact) mass is 240 g/mol. The van der Waals surface area contributed by atoms with Gasteiger partial charge in [-0.3, -0.25) is 9.69 Å². The predicted molar refractivity (Wildman–Crippen MR) is 72.0 cm³/mol. The highest BCUT2D eigenvalue weighted by Gasteiger charge is 2.29. The maximum absolute atomic E-state index is 12.2. The summed E-state index contributed by atoms with van der Waals surface area (Å²) in [6.45, 7) is 14.8. The molecule has 3 nitrogen and oxygen atoms in total. The van der Waals surface area contributed by atoms with Crippen LogP contribution in [0, 0.1) is 5.92 Å². The van der Waals surface area contributed by atoms with Crippen molar-refractivity contribution >= 4 is 5.91 Å². The molecule has 17 heavy (non-hydrogen) atoms. The van der Waals surface area contributed by atoms with Crippen molar-refractivity contribution in [3.8, 4) is 0 Å². The minimum Gasteiger partial charge on any atom is -0.340 e. The van der Waals surface area contributed by atoms with Crippen molar-refractivity contribution in [3.63, 3.8) is 0 Å². The second-order valence-electron chi connectivity index (χ2n) is 6.00. The SMILES string of the molecule is CCC(CC)C(=O)N1CCN(C(C)(C)C)CC1. The van der Waals surface area contributed by atoms with Gasteiger partial charge < -0.3 is 4.90 Å². The van der Waals surface area contributed by atoms with E-state index in [-0.39, 0.29) is 11.5 Å². The van der Waals surface area contributed by atoms with Crippen molar-refractivity contribution in [2.24, 2.45) is 5.92 Å². The van der Waals surface area contributed by atoms with Crippen LogP contribution in [0.4, 0.5) is 0 Å². The summed E-state index contributed by atoms with van der Waals surface area (Å²) in [5.74, 6) is 0.597. The Hall–Kier alpha value is -0.570. The smallest absolute Gasteiger partial charge is 0.225 e. The van der Waals surface area contributed by atoms with E-state index < -0.39 is 0 Å².